The number of aliphatic carboxylic acids is 1. The summed E-state index contributed by atoms with van der Waals surface area (Å²) in [7, 11) is 0. The van der Waals surface area contributed by atoms with Crippen molar-refractivity contribution in [1.82, 2.24) is 0 Å². The van der Waals surface area contributed by atoms with E-state index in [0.717, 1.165) is 11.1 Å². The van der Waals surface area contributed by atoms with E-state index in [1.165, 1.54) is 12.1 Å². The van der Waals surface area contributed by atoms with Crippen molar-refractivity contribution < 1.29 is 19.1 Å². The molecule has 3 rings (SSSR count). The maximum absolute atomic E-state index is 13.3. The molecule has 0 atom stereocenters. The summed E-state index contributed by atoms with van der Waals surface area (Å²) in [6.45, 7) is 2.07. The fourth-order valence-corrected chi connectivity index (χ4v) is 3.06. The Labute approximate surface area is 174 Å². The van der Waals surface area contributed by atoms with Crippen molar-refractivity contribution >= 4 is 23.6 Å². The summed E-state index contributed by atoms with van der Waals surface area (Å²) in [4.78, 5) is 26.0. The highest BCUT2D eigenvalue weighted by atomic mass is 19.1. The molecule has 1 N–H and O–H groups in total. The van der Waals surface area contributed by atoms with Gasteiger partial charge >= 0.3 is 5.97 Å². The second-order valence-electron chi connectivity index (χ2n) is 6.80. The number of benzene rings is 3. The molecule has 0 saturated heterocycles. The van der Waals surface area contributed by atoms with Crippen LogP contribution in [0.4, 0.5) is 10.1 Å². The highest BCUT2D eigenvalue weighted by Crippen LogP contribution is 2.22. The van der Waals surface area contributed by atoms with E-state index in [9.17, 15) is 19.1 Å². The molecule has 0 unspecified atom stereocenters. The quantitative estimate of drug-likeness (QED) is 0.526. The van der Waals surface area contributed by atoms with Crippen LogP contribution in [0.1, 0.15) is 34.8 Å². The summed E-state index contributed by atoms with van der Waals surface area (Å²) in [6.07, 6.45) is 2.04. The fourth-order valence-electron chi connectivity index (χ4n) is 3.06. The molecule has 0 aliphatic carbocycles. The second-order valence-corrected chi connectivity index (χ2v) is 6.80. The van der Waals surface area contributed by atoms with Crippen molar-refractivity contribution in [2.45, 2.75) is 19.9 Å². The Balaban J connectivity index is 1.94. The topological polar surface area (TPSA) is 57.6 Å². The molecule has 152 valence electrons. The molecule has 0 spiro atoms. The van der Waals surface area contributed by atoms with E-state index in [1.54, 1.807) is 78.6 Å². The smallest absolute Gasteiger partial charge is 0.331 e. The molecule has 0 heterocycles. The van der Waals surface area contributed by atoms with E-state index in [4.69, 9.17) is 0 Å². The summed E-state index contributed by atoms with van der Waals surface area (Å²) in [6, 6.07) is 22.1. The zero-order chi connectivity index (χ0) is 21.5. The van der Waals surface area contributed by atoms with E-state index >= 15 is 0 Å². The predicted octanol–water partition coefficient (Wildman–Crippen LogP) is 5.55. The van der Waals surface area contributed by atoms with Crippen molar-refractivity contribution in [3.63, 3.8) is 0 Å². The Kier molecular flexibility index (Phi) is 6.75. The third-order valence-electron chi connectivity index (χ3n) is 4.72. The fraction of sp³-hybridized carbons (Fsp3) is 0.120. The maximum Gasteiger partial charge on any atom is 0.331 e. The standard InChI is InChI=1S/C25H22FNO3/c1-2-20(25(29)30)16-18-10-14-23(15-11-18)27(17-19-8-12-22(26)13-9-19)24(28)21-6-4-3-5-7-21/h3-16H,2,17H2,1H3,(H,29,30)/b20-16+. The van der Waals surface area contributed by atoms with E-state index in [1.807, 2.05) is 6.07 Å². The number of hydrogen-bond donors (Lipinski definition) is 1. The third-order valence-corrected chi connectivity index (χ3v) is 4.72. The predicted molar refractivity (Wildman–Crippen MR) is 116 cm³/mol. The first kappa shape index (κ1) is 21.0. The number of hydrogen-bond acceptors (Lipinski definition) is 2. The Morgan fingerprint density at radius 3 is 2.13 bits per heavy atom. The number of amides is 1. The van der Waals surface area contributed by atoms with Gasteiger partial charge in [-0.3, -0.25) is 4.79 Å². The van der Waals surface area contributed by atoms with Gasteiger partial charge < -0.3 is 10.0 Å². The van der Waals surface area contributed by atoms with Crippen LogP contribution >= 0.6 is 0 Å². The lowest BCUT2D eigenvalue weighted by Crippen LogP contribution is -2.30. The van der Waals surface area contributed by atoms with Gasteiger partial charge in [-0.15, -0.1) is 0 Å². The first-order chi connectivity index (χ1) is 14.5. The molecular formula is C25H22FNO3. The normalized spacial score (nSPS) is 11.2. The molecule has 0 aromatic heterocycles. The van der Waals surface area contributed by atoms with Gasteiger partial charge in [0.15, 0.2) is 0 Å². The SMILES string of the molecule is CC/C(=C\c1ccc(N(Cc2ccc(F)cc2)C(=O)c2ccccc2)cc1)C(=O)O. The minimum absolute atomic E-state index is 0.178. The largest absolute Gasteiger partial charge is 0.478 e. The summed E-state index contributed by atoms with van der Waals surface area (Å²) >= 11 is 0. The average molecular weight is 403 g/mol. The number of nitrogens with zero attached hydrogens (tertiary/aromatic N) is 1. The van der Waals surface area contributed by atoms with Crippen LogP contribution in [0.3, 0.4) is 0 Å². The zero-order valence-electron chi connectivity index (χ0n) is 16.6. The van der Waals surface area contributed by atoms with Gasteiger partial charge in [0.25, 0.3) is 5.91 Å². The second kappa shape index (κ2) is 9.65. The van der Waals surface area contributed by atoms with E-state index < -0.39 is 5.97 Å². The number of carboxylic acids is 1. The molecule has 3 aromatic carbocycles. The van der Waals surface area contributed by atoms with Crippen LogP contribution in [0.25, 0.3) is 6.08 Å². The van der Waals surface area contributed by atoms with E-state index in [-0.39, 0.29) is 18.3 Å². The molecule has 3 aromatic rings. The molecule has 0 bridgehead atoms. The first-order valence-corrected chi connectivity index (χ1v) is 9.63. The summed E-state index contributed by atoms with van der Waals surface area (Å²) in [5.41, 5.74) is 3.06. The minimum Gasteiger partial charge on any atom is -0.478 e. The molecule has 0 aliphatic heterocycles. The van der Waals surface area contributed by atoms with Gasteiger partial charge in [-0.1, -0.05) is 49.4 Å². The molecule has 0 aliphatic rings. The Hall–Kier alpha value is -3.73. The Morgan fingerprint density at radius 1 is 0.933 bits per heavy atom. The number of carbonyl (C=O) groups is 2. The van der Waals surface area contributed by atoms with Gasteiger partial charge in [-0.2, -0.15) is 0 Å². The average Bonchev–Trinajstić information content (AvgIpc) is 2.77. The number of carboxylic acid groups (broad SMARTS) is 1. The number of halogens is 1. The van der Waals surface area contributed by atoms with Gasteiger partial charge in [0.1, 0.15) is 5.82 Å². The molecule has 0 saturated carbocycles. The number of anilines is 1. The van der Waals surface area contributed by atoms with Crippen LogP contribution < -0.4 is 4.90 Å². The highest BCUT2D eigenvalue weighted by Gasteiger charge is 2.18. The molecule has 4 nitrogen and oxygen atoms in total. The summed E-state index contributed by atoms with van der Waals surface area (Å²) in [5.74, 6) is -1.46. The van der Waals surface area contributed by atoms with Gasteiger partial charge in [-0.25, -0.2) is 9.18 Å². The lowest BCUT2D eigenvalue weighted by molar-refractivity contribution is -0.132. The van der Waals surface area contributed by atoms with Crippen LogP contribution in [0, 0.1) is 5.82 Å². The van der Waals surface area contributed by atoms with Crippen molar-refractivity contribution in [3.8, 4) is 0 Å². The van der Waals surface area contributed by atoms with Crippen molar-refractivity contribution in [2.24, 2.45) is 0 Å². The molecule has 5 heteroatoms. The molecule has 0 fully saturated rings. The highest BCUT2D eigenvalue weighted by molar-refractivity contribution is 6.06. The van der Waals surface area contributed by atoms with Crippen LogP contribution in [0.2, 0.25) is 0 Å². The monoisotopic (exact) mass is 403 g/mol. The Morgan fingerprint density at radius 2 is 1.57 bits per heavy atom. The van der Waals surface area contributed by atoms with Crippen molar-refractivity contribution in [2.75, 3.05) is 4.90 Å². The lowest BCUT2D eigenvalue weighted by Gasteiger charge is -2.23. The lowest BCUT2D eigenvalue weighted by atomic mass is 10.1. The molecule has 1 amide bonds. The molecule has 0 radical (unpaired) electrons. The number of carbonyl (C=O) groups excluding carboxylic acids is 1. The zero-order valence-corrected chi connectivity index (χ0v) is 16.6. The van der Waals surface area contributed by atoms with Gasteiger partial charge in [0, 0.05) is 16.8 Å². The Bertz CT molecular complexity index is 1040. The van der Waals surface area contributed by atoms with E-state index in [2.05, 4.69) is 0 Å². The molecule has 30 heavy (non-hydrogen) atoms. The summed E-state index contributed by atoms with van der Waals surface area (Å²) < 4.78 is 13.3. The number of rotatable bonds is 7. The van der Waals surface area contributed by atoms with Gasteiger partial charge in [0.05, 0.1) is 6.54 Å². The minimum atomic E-state index is -0.946. The van der Waals surface area contributed by atoms with Crippen LogP contribution in [0.5, 0.6) is 0 Å². The van der Waals surface area contributed by atoms with Gasteiger partial charge in [0.2, 0.25) is 0 Å². The first-order valence-electron chi connectivity index (χ1n) is 9.63. The summed E-state index contributed by atoms with van der Waals surface area (Å²) in [5, 5.41) is 9.21. The third kappa shape index (κ3) is 5.20. The van der Waals surface area contributed by atoms with Crippen LogP contribution in [-0.2, 0) is 11.3 Å². The van der Waals surface area contributed by atoms with Crippen molar-refractivity contribution in [1.29, 1.82) is 0 Å². The van der Waals surface area contributed by atoms with Crippen LogP contribution in [-0.4, -0.2) is 17.0 Å². The van der Waals surface area contributed by atoms with E-state index in [0.29, 0.717) is 23.2 Å². The molecular weight excluding hydrogens is 381 g/mol. The van der Waals surface area contributed by atoms with Gasteiger partial charge in [-0.05, 0) is 60.0 Å². The van der Waals surface area contributed by atoms with Crippen LogP contribution in [0.15, 0.2) is 84.4 Å². The van der Waals surface area contributed by atoms with Crippen molar-refractivity contribution in [3.05, 3.63) is 107 Å². The maximum atomic E-state index is 13.3.